The Labute approximate surface area is 74.0 Å². The van der Waals surface area contributed by atoms with Gasteiger partial charge in [0.15, 0.2) is 5.78 Å². The Hall–Kier alpha value is -0.540. The molecular weight excluding hydrogens is 176 g/mol. The second-order valence-electron chi connectivity index (χ2n) is 2.62. The molecule has 1 aromatic rings. The Bertz CT molecular complexity index is 317. The van der Waals surface area contributed by atoms with Crippen LogP contribution in [0.15, 0.2) is 6.07 Å². The zero-order valence-corrected chi connectivity index (χ0v) is 7.64. The van der Waals surface area contributed by atoms with Crippen LogP contribution in [0.5, 0.6) is 0 Å². The molecule has 1 aliphatic carbocycles. The van der Waals surface area contributed by atoms with Crippen molar-refractivity contribution in [3.63, 3.8) is 0 Å². The molecule has 2 rings (SSSR count). The molecule has 0 saturated heterocycles. The molecular formula is C8H6OS2. The van der Waals surface area contributed by atoms with Crippen LogP contribution < -0.4 is 0 Å². The number of ketones is 1. The van der Waals surface area contributed by atoms with E-state index in [1.807, 2.05) is 13.0 Å². The predicted molar refractivity (Wildman–Crippen MR) is 49.7 cm³/mol. The van der Waals surface area contributed by atoms with E-state index in [1.165, 1.54) is 4.88 Å². The van der Waals surface area contributed by atoms with Gasteiger partial charge in [-0.15, -0.1) is 11.3 Å². The quantitative estimate of drug-likeness (QED) is 0.573. The van der Waals surface area contributed by atoms with Crippen molar-refractivity contribution in [1.82, 2.24) is 0 Å². The Morgan fingerprint density at radius 3 is 3.00 bits per heavy atom. The fourth-order valence-electron chi connectivity index (χ4n) is 1.25. The van der Waals surface area contributed by atoms with Crippen LogP contribution in [0.1, 0.15) is 26.5 Å². The Balaban J connectivity index is 2.67. The summed E-state index contributed by atoms with van der Waals surface area (Å²) in [5.74, 6) is 0.197. The summed E-state index contributed by atoms with van der Waals surface area (Å²) in [5, 5.41) is 0. The highest BCUT2D eigenvalue weighted by Crippen LogP contribution is 2.30. The molecule has 0 bridgehead atoms. The molecule has 0 saturated carbocycles. The first-order valence-electron chi connectivity index (χ1n) is 3.35. The third kappa shape index (κ3) is 0.957. The smallest absolute Gasteiger partial charge is 0.178 e. The number of thiophene rings is 1. The molecule has 1 aromatic heterocycles. The number of hydrogen-bond donors (Lipinski definition) is 0. The van der Waals surface area contributed by atoms with E-state index in [0.29, 0.717) is 6.42 Å². The van der Waals surface area contributed by atoms with Crippen molar-refractivity contribution in [2.45, 2.75) is 13.3 Å². The lowest BCUT2D eigenvalue weighted by Gasteiger charge is -1.84. The van der Waals surface area contributed by atoms with Crippen molar-refractivity contribution in [2.24, 2.45) is 0 Å². The monoisotopic (exact) mass is 182 g/mol. The third-order valence-corrected chi connectivity index (χ3v) is 3.19. The maximum absolute atomic E-state index is 11.2. The van der Waals surface area contributed by atoms with Crippen LogP contribution in [0, 0.1) is 6.92 Å². The average Bonchev–Trinajstić information content (AvgIpc) is 2.38. The van der Waals surface area contributed by atoms with Crippen LogP contribution in [-0.2, 0) is 0 Å². The summed E-state index contributed by atoms with van der Waals surface area (Å²) in [7, 11) is 0. The first-order chi connectivity index (χ1) is 5.18. The van der Waals surface area contributed by atoms with Gasteiger partial charge in [-0.3, -0.25) is 4.79 Å². The topological polar surface area (TPSA) is 17.1 Å². The number of thiocarbonyl (C=S) groups is 1. The van der Waals surface area contributed by atoms with Crippen LogP contribution in [0.2, 0.25) is 0 Å². The molecule has 0 spiro atoms. The van der Waals surface area contributed by atoms with Gasteiger partial charge in [0, 0.05) is 21.7 Å². The molecule has 0 atom stereocenters. The zero-order valence-electron chi connectivity index (χ0n) is 6.01. The highest BCUT2D eigenvalue weighted by molar-refractivity contribution is 7.81. The Morgan fingerprint density at radius 1 is 1.64 bits per heavy atom. The molecule has 0 amide bonds. The van der Waals surface area contributed by atoms with Gasteiger partial charge in [-0.2, -0.15) is 0 Å². The summed E-state index contributed by atoms with van der Waals surface area (Å²) in [6.45, 7) is 2.00. The average molecular weight is 182 g/mol. The molecule has 0 fully saturated rings. The minimum absolute atomic E-state index is 0.197. The van der Waals surface area contributed by atoms with E-state index in [1.54, 1.807) is 11.3 Å². The maximum Gasteiger partial charge on any atom is 0.178 e. The lowest BCUT2D eigenvalue weighted by Crippen LogP contribution is -1.90. The number of carbonyl (C=O) groups excluding carboxylic acids is 1. The molecule has 1 nitrogen and oxygen atoms in total. The van der Waals surface area contributed by atoms with Crippen LogP contribution >= 0.6 is 23.6 Å². The summed E-state index contributed by atoms with van der Waals surface area (Å²) in [6, 6.07) is 2.01. The zero-order chi connectivity index (χ0) is 8.01. The molecule has 0 aliphatic heterocycles. The van der Waals surface area contributed by atoms with Crippen molar-refractivity contribution in [2.75, 3.05) is 0 Å². The molecule has 3 heteroatoms. The van der Waals surface area contributed by atoms with Gasteiger partial charge < -0.3 is 0 Å². The highest BCUT2D eigenvalue weighted by atomic mass is 32.1. The van der Waals surface area contributed by atoms with Crippen molar-refractivity contribution in [3.8, 4) is 0 Å². The van der Waals surface area contributed by atoms with Gasteiger partial charge in [-0.05, 0) is 13.0 Å². The maximum atomic E-state index is 11.2. The van der Waals surface area contributed by atoms with Gasteiger partial charge in [0.2, 0.25) is 0 Å². The number of rotatable bonds is 0. The first kappa shape index (κ1) is 7.13. The highest BCUT2D eigenvalue weighted by Gasteiger charge is 2.26. The fourth-order valence-corrected chi connectivity index (χ4v) is 2.58. The molecule has 1 heterocycles. The van der Waals surface area contributed by atoms with Crippen LogP contribution in [0.25, 0.3) is 0 Å². The number of carbonyl (C=O) groups is 1. The summed E-state index contributed by atoms with van der Waals surface area (Å²) < 4.78 is 0. The molecule has 1 aliphatic rings. The minimum atomic E-state index is 0.197. The third-order valence-electron chi connectivity index (χ3n) is 1.73. The molecule has 0 aromatic carbocycles. The second-order valence-corrected chi connectivity index (χ2v) is 4.37. The van der Waals surface area contributed by atoms with Gasteiger partial charge in [0.25, 0.3) is 0 Å². The van der Waals surface area contributed by atoms with E-state index in [2.05, 4.69) is 0 Å². The van der Waals surface area contributed by atoms with Crippen molar-refractivity contribution in [1.29, 1.82) is 0 Å². The SMILES string of the molecule is Cc1cc2c(s1)C(=O)CC2=S. The summed E-state index contributed by atoms with van der Waals surface area (Å²) >= 11 is 6.60. The lowest BCUT2D eigenvalue weighted by molar-refractivity contribution is 0.101. The summed E-state index contributed by atoms with van der Waals surface area (Å²) in [4.78, 5) is 14.1. The summed E-state index contributed by atoms with van der Waals surface area (Å²) in [6.07, 6.45) is 0.455. The number of fused-ring (bicyclic) bond motifs is 1. The van der Waals surface area contributed by atoms with E-state index in [9.17, 15) is 4.79 Å². The second kappa shape index (κ2) is 2.22. The molecule has 11 heavy (non-hydrogen) atoms. The predicted octanol–water partition coefficient (Wildman–Crippen LogP) is 2.36. The van der Waals surface area contributed by atoms with E-state index < -0.39 is 0 Å². The van der Waals surface area contributed by atoms with Gasteiger partial charge in [-0.1, -0.05) is 12.2 Å². The number of aryl methyl sites for hydroxylation is 1. The first-order valence-corrected chi connectivity index (χ1v) is 4.58. The largest absolute Gasteiger partial charge is 0.293 e. The van der Waals surface area contributed by atoms with Gasteiger partial charge >= 0.3 is 0 Å². The number of hydrogen-bond acceptors (Lipinski definition) is 3. The van der Waals surface area contributed by atoms with E-state index in [-0.39, 0.29) is 5.78 Å². The normalized spacial score (nSPS) is 15.7. The molecule has 56 valence electrons. The van der Waals surface area contributed by atoms with Crippen molar-refractivity contribution < 1.29 is 4.79 Å². The van der Waals surface area contributed by atoms with Crippen LogP contribution in [0.3, 0.4) is 0 Å². The standard InChI is InChI=1S/C8H6OS2/c1-4-2-5-7(10)3-6(9)8(5)11-4/h2H,3H2,1H3. The molecule has 0 N–H and O–H groups in total. The molecule has 0 radical (unpaired) electrons. The fraction of sp³-hybridized carbons (Fsp3) is 0.250. The summed E-state index contributed by atoms with van der Waals surface area (Å²) in [5.41, 5.74) is 1.01. The lowest BCUT2D eigenvalue weighted by atomic mass is 10.2. The number of Topliss-reactive ketones (excluding diaryl/α,β-unsaturated/α-hetero) is 1. The van der Waals surface area contributed by atoms with Crippen molar-refractivity contribution >= 4 is 34.2 Å². The van der Waals surface area contributed by atoms with Crippen LogP contribution in [-0.4, -0.2) is 10.6 Å². The van der Waals surface area contributed by atoms with Crippen molar-refractivity contribution in [3.05, 3.63) is 21.4 Å². The van der Waals surface area contributed by atoms with Gasteiger partial charge in [0.05, 0.1) is 4.88 Å². The van der Waals surface area contributed by atoms with Gasteiger partial charge in [-0.25, -0.2) is 0 Å². The molecule has 0 unspecified atom stereocenters. The van der Waals surface area contributed by atoms with E-state index in [4.69, 9.17) is 12.2 Å². The minimum Gasteiger partial charge on any atom is -0.293 e. The van der Waals surface area contributed by atoms with E-state index >= 15 is 0 Å². The van der Waals surface area contributed by atoms with Gasteiger partial charge in [0.1, 0.15) is 0 Å². The van der Waals surface area contributed by atoms with Crippen LogP contribution in [0.4, 0.5) is 0 Å². The Morgan fingerprint density at radius 2 is 2.36 bits per heavy atom. The van der Waals surface area contributed by atoms with E-state index in [0.717, 1.165) is 15.3 Å². The Kier molecular flexibility index (Phi) is 1.44.